The van der Waals surface area contributed by atoms with Crippen molar-refractivity contribution in [2.75, 3.05) is 27.2 Å². The zero-order valence-electron chi connectivity index (χ0n) is 17.1. The highest BCUT2D eigenvalue weighted by atomic mass is 32.1. The molecular formula is C20H26N8S. The van der Waals surface area contributed by atoms with E-state index in [1.807, 2.05) is 23.0 Å². The molecule has 0 aliphatic carbocycles. The number of pyridine rings is 1. The second kappa shape index (κ2) is 7.92. The van der Waals surface area contributed by atoms with Gasteiger partial charge in [0, 0.05) is 36.2 Å². The van der Waals surface area contributed by atoms with Gasteiger partial charge < -0.3 is 15.1 Å². The molecule has 3 aromatic rings. The van der Waals surface area contributed by atoms with Gasteiger partial charge in [-0.05, 0) is 58.4 Å². The van der Waals surface area contributed by atoms with Crippen molar-refractivity contribution in [3.05, 3.63) is 65.8 Å². The quantitative estimate of drug-likeness (QED) is 0.623. The van der Waals surface area contributed by atoms with Crippen LogP contribution in [-0.4, -0.2) is 66.6 Å². The topological polar surface area (TPSA) is 67.0 Å². The molecule has 0 radical (unpaired) electrons. The molecule has 1 N–H and O–H groups in total. The molecule has 4 rings (SSSR count). The SMILES string of the molecule is Cc1cc([C@H]2[C@@H](c3ccccn3)NC(=S)N2CCN(C)C)c(C)n1-n1cnnc1. The molecule has 29 heavy (non-hydrogen) atoms. The van der Waals surface area contributed by atoms with Gasteiger partial charge >= 0.3 is 0 Å². The molecule has 0 saturated carbocycles. The number of rotatable bonds is 6. The summed E-state index contributed by atoms with van der Waals surface area (Å²) in [5.41, 5.74) is 4.45. The molecular weight excluding hydrogens is 384 g/mol. The molecule has 0 spiro atoms. The Balaban J connectivity index is 1.79. The lowest BCUT2D eigenvalue weighted by atomic mass is 9.97. The fourth-order valence-corrected chi connectivity index (χ4v) is 4.36. The van der Waals surface area contributed by atoms with Gasteiger partial charge in [0.25, 0.3) is 0 Å². The predicted octanol–water partition coefficient (Wildman–Crippen LogP) is 1.94. The first-order chi connectivity index (χ1) is 14.0. The van der Waals surface area contributed by atoms with E-state index >= 15 is 0 Å². The van der Waals surface area contributed by atoms with E-state index in [-0.39, 0.29) is 12.1 Å². The van der Waals surface area contributed by atoms with Crippen molar-refractivity contribution in [3.8, 4) is 0 Å². The molecule has 3 aromatic heterocycles. The minimum Gasteiger partial charge on any atom is -0.352 e. The van der Waals surface area contributed by atoms with E-state index in [1.54, 1.807) is 12.7 Å². The van der Waals surface area contributed by atoms with Gasteiger partial charge in [-0.1, -0.05) is 6.07 Å². The van der Waals surface area contributed by atoms with Gasteiger partial charge in [0.15, 0.2) is 5.11 Å². The second-order valence-corrected chi connectivity index (χ2v) is 7.99. The largest absolute Gasteiger partial charge is 0.352 e. The molecule has 9 heteroatoms. The first-order valence-corrected chi connectivity index (χ1v) is 10.0. The third kappa shape index (κ3) is 3.63. The highest BCUT2D eigenvalue weighted by Gasteiger charge is 2.41. The van der Waals surface area contributed by atoms with Gasteiger partial charge in [-0.2, -0.15) is 0 Å². The van der Waals surface area contributed by atoms with Gasteiger partial charge in [-0.3, -0.25) is 9.66 Å². The van der Waals surface area contributed by atoms with Gasteiger partial charge in [0.05, 0.1) is 17.8 Å². The number of likely N-dealkylation sites (N-methyl/N-ethyl adjacent to an activating group) is 1. The van der Waals surface area contributed by atoms with Crippen molar-refractivity contribution in [2.24, 2.45) is 0 Å². The summed E-state index contributed by atoms with van der Waals surface area (Å²) in [6.07, 6.45) is 5.25. The normalized spacial score (nSPS) is 19.2. The van der Waals surface area contributed by atoms with Crippen molar-refractivity contribution in [1.29, 1.82) is 0 Å². The van der Waals surface area contributed by atoms with Crippen LogP contribution in [0.3, 0.4) is 0 Å². The van der Waals surface area contributed by atoms with Crippen LogP contribution in [-0.2, 0) is 0 Å². The average Bonchev–Trinajstić information content (AvgIpc) is 3.39. The molecule has 0 amide bonds. The lowest BCUT2D eigenvalue weighted by molar-refractivity contribution is 0.277. The van der Waals surface area contributed by atoms with Crippen molar-refractivity contribution in [1.82, 2.24) is 39.7 Å². The lowest BCUT2D eigenvalue weighted by Crippen LogP contribution is -2.35. The fourth-order valence-electron chi connectivity index (χ4n) is 4.02. The number of nitrogens with zero attached hydrogens (tertiary/aromatic N) is 7. The maximum Gasteiger partial charge on any atom is 0.170 e. The lowest BCUT2D eigenvalue weighted by Gasteiger charge is -2.29. The smallest absolute Gasteiger partial charge is 0.170 e. The van der Waals surface area contributed by atoms with E-state index < -0.39 is 0 Å². The van der Waals surface area contributed by atoms with Crippen molar-refractivity contribution >= 4 is 17.3 Å². The molecule has 1 saturated heterocycles. The Hall–Kier alpha value is -2.78. The van der Waals surface area contributed by atoms with Crippen molar-refractivity contribution < 1.29 is 0 Å². The van der Waals surface area contributed by atoms with Crippen LogP contribution >= 0.6 is 12.2 Å². The number of aromatic nitrogens is 5. The summed E-state index contributed by atoms with van der Waals surface area (Å²) in [6.45, 7) is 5.97. The highest BCUT2D eigenvalue weighted by Crippen LogP contribution is 2.40. The zero-order chi connectivity index (χ0) is 20.5. The molecule has 8 nitrogen and oxygen atoms in total. The van der Waals surface area contributed by atoms with Crippen LogP contribution in [0.4, 0.5) is 0 Å². The Kier molecular flexibility index (Phi) is 5.33. The summed E-state index contributed by atoms with van der Waals surface area (Å²) in [5, 5.41) is 12.2. The summed E-state index contributed by atoms with van der Waals surface area (Å²) in [6, 6.07) is 8.28. The van der Waals surface area contributed by atoms with Gasteiger partial charge in [0.2, 0.25) is 0 Å². The third-order valence-corrected chi connectivity index (χ3v) is 5.73. The summed E-state index contributed by atoms with van der Waals surface area (Å²) < 4.78 is 4.02. The van der Waals surface area contributed by atoms with Crippen LogP contribution in [0, 0.1) is 13.8 Å². The Morgan fingerprint density at radius 1 is 1.17 bits per heavy atom. The number of hydrogen-bond acceptors (Lipinski definition) is 5. The molecule has 1 fully saturated rings. The molecule has 0 unspecified atom stereocenters. The molecule has 4 heterocycles. The van der Waals surface area contributed by atoms with Gasteiger partial charge in [0.1, 0.15) is 12.7 Å². The maximum atomic E-state index is 5.75. The molecule has 2 atom stereocenters. The summed E-state index contributed by atoms with van der Waals surface area (Å²) >= 11 is 5.75. The summed E-state index contributed by atoms with van der Waals surface area (Å²) in [5.74, 6) is 0. The number of hydrogen-bond donors (Lipinski definition) is 1. The van der Waals surface area contributed by atoms with Crippen LogP contribution in [0.15, 0.2) is 43.1 Å². The van der Waals surface area contributed by atoms with Gasteiger partial charge in [-0.15, -0.1) is 10.2 Å². The maximum absolute atomic E-state index is 5.75. The van der Waals surface area contributed by atoms with Crippen LogP contribution in [0.2, 0.25) is 0 Å². The molecule has 152 valence electrons. The van der Waals surface area contributed by atoms with E-state index in [2.05, 4.69) is 75.0 Å². The van der Waals surface area contributed by atoms with E-state index in [9.17, 15) is 0 Å². The monoisotopic (exact) mass is 410 g/mol. The van der Waals surface area contributed by atoms with E-state index in [0.717, 1.165) is 35.3 Å². The van der Waals surface area contributed by atoms with Crippen LogP contribution < -0.4 is 5.32 Å². The Bertz CT molecular complexity index is 980. The first kappa shape index (κ1) is 19.5. The fraction of sp³-hybridized carbons (Fsp3) is 0.400. The zero-order valence-corrected chi connectivity index (χ0v) is 18.0. The van der Waals surface area contributed by atoms with Crippen molar-refractivity contribution in [2.45, 2.75) is 25.9 Å². The third-order valence-electron chi connectivity index (χ3n) is 5.38. The van der Waals surface area contributed by atoms with E-state index in [4.69, 9.17) is 12.2 Å². The van der Waals surface area contributed by atoms with Crippen LogP contribution in [0.1, 0.15) is 34.7 Å². The Labute approximate surface area is 176 Å². The average molecular weight is 411 g/mol. The molecule has 1 aliphatic rings. The molecule has 0 aromatic carbocycles. The van der Waals surface area contributed by atoms with Crippen LogP contribution in [0.5, 0.6) is 0 Å². The van der Waals surface area contributed by atoms with E-state index in [0.29, 0.717) is 0 Å². The van der Waals surface area contributed by atoms with Gasteiger partial charge in [-0.25, -0.2) is 4.68 Å². The minimum atomic E-state index is -0.0132. The second-order valence-electron chi connectivity index (χ2n) is 7.60. The summed E-state index contributed by atoms with van der Waals surface area (Å²) in [4.78, 5) is 9.08. The summed E-state index contributed by atoms with van der Waals surface area (Å²) in [7, 11) is 4.16. The minimum absolute atomic E-state index is 0.0132. The van der Waals surface area contributed by atoms with Crippen LogP contribution in [0.25, 0.3) is 0 Å². The predicted molar refractivity (Wildman–Crippen MR) is 115 cm³/mol. The Morgan fingerprint density at radius 3 is 2.59 bits per heavy atom. The molecule has 0 bridgehead atoms. The van der Waals surface area contributed by atoms with E-state index in [1.165, 1.54) is 5.56 Å². The van der Waals surface area contributed by atoms with Crippen molar-refractivity contribution in [3.63, 3.8) is 0 Å². The first-order valence-electron chi connectivity index (χ1n) is 9.64. The number of aryl methyl sites for hydroxylation is 1. The molecule has 1 aliphatic heterocycles. The Morgan fingerprint density at radius 2 is 1.93 bits per heavy atom. The standard InChI is InChI=1S/C20H26N8S/c1-14-11-16(15(2)28(14)26-12-22-23-13-26)19-18(17-7-5-6-8-21-17)24-20(29)27(19)10-9-25(3)4/h5-8,11-13,18-19H,9-10H2,1-4H3,(H,24,29)/t18-,19+/m1/s1. The number of thiocarbonyl (C=S) groups is 1. The number of nitrogens with one attached hydrogen (secondary N) is 1. The highest BCUT2D eigenvalue weighted by molar-refractivity contribution is 7.80.